The van der Waals surface area contributed by atoms with Gasteiger partial charge in [0, 0.05) is 12.6 Å². The van der Waals surface area contributed by atoms with Crippen molar-refractivity contribution in [1.29, 1.82) is 0 Å². The molecule has 1 amide bonds. The highest BCUT2D eigenvalue weighted by atomic mass is 16.5. The minimum atomic E-state index is 0.0223. The highest BCUT2D eigenvalue weighted by molar-refractivity contribution is 5.78. The number of rotatable bonds is 7. The van der Waals surface area contributed by atoms with Crippen molar-refractivity contribution in [2.45, 2.75) is 26.8 Å². The Morgan fingerprint density at radius 2 is 2.15 bits per heavy atom. The van der Waals surface area contributed by atoms with E-state index >= 15 is 0 Å². The zero-order valence-electron chi connectivity index (χ0n) is 8.72. The van der Waals surface area contributed by atoms with Crippen molar-refractivity contribution >= 4 is 5.91 Å². The number of ether oxygens (including phenoxy) is 1. The first-order chi connectivity index (χ1) is 6.20. The molecule has 4 heteroatoms. The van der Waals surface area contributed by atoms with E-state index in [2.05, 4.69) is 10.6 Å². The molecule has 0 spiro atoms. The van der Waals surface area contributed by atoms with Crippen LogP contribution < -0.4 is 10.6 Å². The van der Waals surface area contributed by atoms with Crippen molar-refractivity contribution in [3.05, 3.63) is 0 Å². The number of likely N-dealkylation sites (N-methyl/N-ethyl adjacent to an activating group) is 1. The second kappa shape index (κ2) is 8.01. The lowest BCUT2D eigenvalue weighted by Crippen LogP contribution is -2.41. The van der Waals surface area contributed by atoms with Gasteiger partial charge >= 0.3 is 0 Å². The van der Waals surface area contributed by atoms with E-state index in [4.69, 9.17) is 4.74 Å². The van der Waals surface area contributed by atoms with E-state index in [1.807, 2.05) is 20.8 Å². The van der Waals surface area contributed by atoms with Gasteiger partial charge in [-0.1, -0.05) is 6.92 Å². The number of nitrogens with one attached hydrogen (secondary N) is 2. The molecule has 1 atom stereocenters. The van der Waals surface area contributed by atoms with Gasteiger partial charge in [0.15, 0.2) is 0 Å². The Labute approximate surface area is 80.0 Å². The van der Waals surface area contributed by atoms with Gasteiger partial charge in [-0.05, 0) is 20.4 Å². The molecule has 0 aromatic rings. The van der Waals surface area contributed by atoms with Crippen LogP contribution in [0.2, 0.25) is 0 Å². The van der Waals surface area contributed by atoms with Gasteiger partial charge in [0.05, 0.1) is 13.2 Å². The Morgan fingerprint density at radius 3 is 2.69 bits per heavy atom. The molecule has 13 heavy (non-hydrogen) atoms. The lowest BCUT2D eigenvalue weighted by molar-refractivity contribution is -0.121. The first-order valence-electron chi connectivity index (χ1n) is 4.78. The van der Waals surface area contributed by atoms with Crippen LogP contribution in [0.3, 0.4) is 0 Å². The van der Waals surface area contributed by atoms with Crippen molar-refractivity contribution in [3.63, 3.8) is 0 Å². The minimum Gasteiger partial charge on any atom is -0.380 e. The fraction of sp³-hybridized carbons (Fsp3) is 0.889. The molecule has 0 aromatic carbocycles. The molecule has 0 saturated heterocycles. The van der Waals surface area contributed by atoms with Crippen LogP contribution in [-0.4, -0.2) is 38.3 Å². The molecule has 0 radical (unpaired) electrons. The summed E-state index contributed by atoms with van der Waals surface area (Å²) in [5.74, 6) is 0.0223. The second-order valence-electron chi connectivity index (χ2n) is 2.91. The van der Waals surface area contributed by atoms with E-state index in [1.54, 1.807) is 0 Å². The molecule has 0 aliphatic rings. The monoisotopic (exact) mass is 188 g/mol. The Hall–Kier alpha value is -0.610. The summed E-state index contributed by atoms with van der Waals surface area (Å²) in [4.78, 5) is 11.1. The smallest absolute Gasteiger partial charge is 0.234 e. The van der Waals surface area contributed by atoms with Crippen LogP contribution in [0.25, 0.3) is 0 Å². The van der Waals surface area contributed by atoms with Gasteiger partial charge in [-0.15, -0.1) is 0 Å². The maximum absolute atomic E-state index is 11.1. The summed E-state index contributed by atoms with van der Waals surface area (Å²) in [7, 11) is 0. The van der Waals surface area contributed by atoms with Crippen molar-refractivity contribution in [2.24, 2.45) is 0 Å². The quantitative estimate of drug-likeness (QED) is 0.597. The summed E-state index contributed by atoms with van der Waals surface area (Å²) in [6.07, 6.45) is 0. The average molecular weight is 188 g/mol. The third-order valence-corrected chi connectivity index (χ3v) is 1.51. The summed E-state index contributed by atoms with van der Waals surface area (Å²) >= 11 is 0. The van der Waals surface area contributed by atoms with Crippen molar-refractivity contribution in [3.8, 4) is 0 Å². The molecule has 0 rings (SSSR count). The molecule has 0 aromatic heterocycles. The molecule has 0 aliphatic carbocycles. The number of carbonyl (C=O) groups excluding carboxylic acids is 1. The van der Waals surface area contributed by atoms with Crippen LogP contribution in [-0.2, 0) is 9.53 Å². The standard InChI is InChI=1S/C9H20N2O2/c1-4-10-6-9(12)11-8(3)7-13-5-2/h8,10H,4-7H2,1-3H3,(H,11,12). The van der Waals surface area contributed by atoms with Gasteiger partial charge < -0.3 is 15.4 Å². The van der Waals surface area contributed by atoms with E-state index < -0.39 is 0 Å². The fourth-order valence-electron chi connectivity index (χ4n) is 0.901. The summed E-state index contributed by atoms with van der Waals surface area (Å²) < 4.78 is 5.17. The highest BCUT2D eigenvalue weighted by Crippen LogP contribution is 1.83. The SMILES string of the molecule is CCNCC(=O)NC(C)COCC. The molecule has 0 bridgehead atoms. The van der Waals surface area contributed by atoms with Gasteiger partial charge in [0.2, 0.25) is 5.91 Å². The van der Waals surface area contributed by atoms with Crippen molar-refractivity contribution in [1.82, 2.24) is 10.6 Å². The molecule has 0 heterocycles. The fourth-order valence-corrected chi connectivity index (χ4v) is 0.901. The molecule has 0 saturated carbocycles. The minimum absolute atomic E-state index is 0.0223. The van der Waals surface area contributed by atoms with Crippen molar-refractivity contribution in [2.75, 3.05) is 26.3 Å². The van der Waals surface area contributed by atoms with Gasteiger partial charge in [0.1, 0.15) is 0 Å². The van der Waals surface area contributed by atoms with Crippen LogP contribution in [0.1, 0.15) is 20.8 Å². The summed E-state index contributed by atoms with van der Waals surface area (Å²) in [5.41, 5.74) is 0. The maximum Gasteiger partial charge on any atom is 0.234 e. The zero-order chi connectivity index (χ0) is 10.1. The number of amides is 1. The second-order valence-corrected chi connectivity index (χ2v) is 2.91. The predicted octanol–water partition coefficient (Wildman–Crippen LogP) is 0.137. The normalized spacial score (nSPS) is 12.5. The number of hydrogen-bond donors (Lipinski definition) is 2. The third-order valence-electron chi connectivity index (χ3n) is 1.51. The van der Waals surface area contributed by atoms with E-state index in [0.717, 1.165) is 6.54 Å². The highest BCUT2D eigenvalue weighted by Gasteiger charge is 2.05. The molecular formula is C9H20N2O2. The van der Waals surface area contributed by atoms with Crippen LogP contribution >= 0.6 is 0 Å². The molecule has 0 aliphatic heterocycles. The average Bonchev–Trinajstić information content (AvgIpc) is 2.11. The van der Waals surface area contributed by atoms with Crippen LogP contribution in [0.5, 0.6) is 0 Å². The molecule has 4 nitrogen and oxygen atoms in total. The molecule has 2 N–H and O–H groups in total. The van der Waals surface area contributed by atoms with Gasteiger partial charge in [-0.3, -0.25) is 4.79 Å². The lowest BCUT2D eigenvalue weighted by Gasteiger charge is -2.13. The first kappa shape index (κ1) is 12.4. The summed E-state index contributed by atoms with van der Waals surface area (Å²) in [5, 5.41) is 5.78. The Bertz CT molecular complexity index is 140. The van der Waals surface area contributed by atoms with Crippen LogP contribution in [0, 0.1) is 0 Å². The summed E-state index contributed by atoms with van der Waals surface area (Å²) in [6.45, 7) is 8.30. The van der Waals surface area contributed by atoms with E-state index in [9.17, 15) is 4.79 Å². The van der Waals surface area contributed by atoms with E-state index in [0.29, 0.717) is 19.8 Å². The molecule has 0 fully saturated rings. The van der Waals surface area contributed by atoms with E-state index in [-0.39, 0.29) is 11.9 Å². The lowest BCUT2D eigenvalue weighted by atomic mass is 10.3. The topological polar surface area (TPSA) is 50.4 Å². The van der Waals surface area contributed by atoms with Gasteiger partial charge in [-0.25, -0.2) is 0 Å². The third kappa shape index (κ3) is 7.74. The van der Waals surface area contributed by atoms with Crippen LogP contribution in [0.15, 0.2) is 0 Å². The Morgan fingerprint density at radius 1 is 1.46 bits per heavy atom. The maximum atomic E-state index is 11.1. The van der Waals surface area contributed by atoms with Crippen molar-refractivity contribution < 1.29 is 9.53 Å². The number of hydrogen-bond acceptors (Lipinski definition) is 3. The first-order valence-corrected chi connectivity index (χ1v) is 4.78. The number of carbonyl (C=O) groups is 1. The predicted molar refractivity (Wildman–Crippen MR) is 52.6 cm³/mol. The molecular weight excluding hydrogens is 168 g/mol. The van der Waals surface area contributed by atoms with Gasteiger partial charge in [-0.2, -0.15) is 0 Å². The molecule has 78 valence electrons. The van der Waals surface area contributed by atoms with E-state index in [1.165, 1.54) is 0 Å². The zero-order valence-corrected chi connectivity index (χ0v) is 8.72. The summed E-state index contributed by atoms with van der Waals surface area (Å²) in [6, 6.07) is 0.0890. The Kier molecular flexibility index (Phi) is 7.63. The largest absolute Gasteiger partial charge is 0.380 e. The molecule has 1 unspecified atom stereocenters. The Balaban J connectivity index is 3.41. The van der Waals surface area contributed by atoms with Gasteiger partial charge in [0.25, 0.3) is 0 Å². The van der Waals surface area contributed by atoms with Crippen LogP contribution in [0.4, 0.5) is 0 Å².